The molecule has 1 nitrogen and oxygen atoms in total. The summed E-state index contributed by atoms with van der Waals surface area (Å²) in [7, 11) is 0. The Morgan fingerprint density at radius 1 is 1.31 bits per heavy atom. The molecule has 13 heavy (non-hydrogen) atoms. The Bertz CT molecular complexity index is 255. The molecule has 1 aliphatic rings. The second-order valence-corrected chi connectivity index (χ2v) is 3.99. The lowest BCUT2D eigenvalue weighted by molar-refractivity contribution is 0.108. The Hall–Kier alpha value is -0.820. The molecule has 0 saturated carbocycles. The van der Waals surface area contributed by atoms with Crippen LogP contribution >= 0.6 is 0 Å². The van der Waals surface area contributed by atoms with Crippen molar-refractivity contribution >= 4 is 0 Å². The Labute approximate surface area is 79.7 Å². The highest BCUT2D eigenvalue weighted by atomic mass is 16.5. The maximum Gasteiger partial charge on any atom is 0.0618 e. The van der Waals surface area contributed by atoms with Crippen LogP contribution in [-0.2, 0) is 11.2 Å². The van der Waals surface area contributed by atoms with E-state index >= 15 is 0 Å². The predicted octanol–water partition coefficient (Wildman–Crippen LogP) is 2.65. The zero-order valence-electron chi connectivity index (χ0n) is 8.07. The summed E-state index contributed by atoms with van der Waals surface area (Å²) in [5.41, 5.74) is 1.39. The highest BCUT2D eigenvalue weighted by Crippen LogP contribution is 2.21. The largest absolute Gasteiger partial charge is 0.378 e. The van der Waals surface area contributed by atoms with Gasteiger partial charge in [-0.2, -0.15) is 0 Å². The first-order valence-corrected chi connectivity index (χ1v) is 5.00. The van der Waals surface area contributed by atoms with Gasteiger partial charge in [0.25, 0.3) is 0 Å². The summed E-state index contributed by atoms with van der Waals surface area (Å²) in [4.78, 5) is 0. The van der Waals surface area contributed by atoms with Crippen molar-refractivity contribution in [2.75, 3.05) is 6.61 Å². The molecule has 0 amide bonds. The predicted molar refractivity (Wildman–Crippen MR) is 53.7 cm³/mol. The van der Waals surface area contributed by atoms with Gasteiger partial charge in [0.15, 0.2) is 0 Å². The van der Waals surface area contributed by atoms with Crippen LogP contribution in [0.25, 0.3) is 0 Å². The minimum atomic E-state index is 0.456. The number of hydrogen-bond acceptors (Lipinski definition) is 1. The van der Waals surface area contributed by atoms with Crippen molar-refractivity contribution in [3.8, 4) is 0 Å². The fourth-order valence-electron chi connectivity index (χ4n) is 1.90. The van der Waals surface area contributed by atoms with Gasteiger partial charge in [-0.05, 0) is 24.3 Å². The molecule has 1 heterocycles. The van der Waals surface area contributed by atoms with Gasteiger partial charge in [0.05, 0.1) is 6.10 Å². The van der Waals surface area contributed by atoms with E-state index in [1.165, 1.54) is 12.0 Å². The standard InChI is InChI=1S/C12H16O/c1-10-7-12(13-9-10)8-11-5-3-2-4-6-11/h2-6,10,12H,7-9H2,1H3. The van der Waals surface area contributed by atoms with Gasteiger partial charge in [-0.3, -0.25) is 0 Å². The van der Waals surface area contributed by atoms with Crippen molar-refractivity contribution in [1.82, 2.24) is 0 Å². The van der Waals surface area contributed by atoms with Gasteiger partial charge in [-0.15, -0.1) is 0 Å². The van der Waals surface area contributed by atoms with Gasteiger partial charge in [0.2, 0.25) is 0 Å². The Morgan fingerprint density at radius 3 is 2.69 bits per heavy atom. The van der Waals surface area contributed by atoms with Crippen molar-refractivity contribution in [3.05, 3.63) is 35.9 Å². The van der Waals surface area contributed by atoms with Crippen LogP contribution in [0.4, 0.5) is 0 Å². The molecule has 0 bridgehead atoms. The average Bonchev–Trinajstić information content (AvgIpc) is 2.53. The molecular formula is C12H16O. The van der Waals surface area contributed by atoms with Crippen molar-refractivity contribution in [1.29, 1.82) is 0 Å². The fraction of sp³-hybridized carbons (Fsp3) is 0.500. The highest BCUT2D eigenvalue weighted by molar-refractivity contribution is 5.15. The molecule has 0 spiro atoms. The molecule has 2 atom stereocenters. The summed E-state index contributed by atoms with van der Waals surface area (Å²) in [6, 6.07) is 10.6. The maximum absolute atomic E-state index is 5.67. The first kappa shape index (κ1) is 8.76. The third-order valence-corrected chi connectivity index (χ3v) is 2.59. The molecule has 0 N–H and O–H groups in total. The van der Waals surface area contributed by atoms with Gasteiger partial charge in [0, 0.05) is 6.61 Å². The van der Waals surface area contributed by atoms with Gasteiger partial charge >= 0.3 is 0 Å². The molecule has 1 heteroatoms. The monoisotopic (exact) mass is 176 g/mol. The quantitative estimate of drug-likeness (QED) is 0.673. The molecule has 1 aromatic carbocycles. The van der Waals surface area contributed by atoms with Gasteiger partial charge in [0.1, 0.15) is 0 Å². The highest BCUT2D eigenvalue weighted by Gasteiger charge is 2.21. The van der Waals surface area contributed by atoms with Crippen LogP contribution in [0, 0.1) is 5.92 Å². The lowest BCUT2D eigenvalue weighted by Gasteiger charge is -2.08. The number of ether oxygens (including phenoxy) is 1. The van der Waals surface area contributed by atoms with Crippen LogP contribution in [0.1, 0.15) is 18.9 Å². The normalized spacial score (nSPS) is 27.8. The average molecular weight is 176 g/mol. The van der Waals surface area contributed by atoms with Crippen molar-refractivity contribution in [2.45, 2.75) is 25.9 Å². The van der Waals surface area contributed by atoms with Gasteiger partial charge in [-0.25, -0.2) is 0 Å². The zero-order chi connectivity index (χ0) is 9.10. The van der Waals surface area contributed by atoms with E-state index in [9.17, 15) is 0 Å². The minimum absolute atomic E-state index is 0.456. The zero-order valence-corrected chi connectivity index (χ0v) is 8.07. The van der Waals surface area contributed by atoms with E-state index in [1.807, 2.05) is 0 Å². The molecule has 0 aliphatic carbocycles. The van der Waals surface area contributed by atoms with E-state index in [0.29, 0.717) is 6.10 Å². The lowest BCUT2D eigenvalue weighted by atomic mass is 10.0. The molecule has 0 aromatic heterocycles. The molecule has 0 radical (unpaired) electrons. The molecular weight excluding hydrogens is 160 g/mol. The fourth-order valence-corrected chi connectivity index (χ4v) is 1.90. The van der Waals surface area contributed by atoms with Gasteiger partial charge in [-0.1, -0.05) is 37.3 Å². The Balaban J connectivity index is 1.92. The maximum atomic E-state index is 5.67. The second-order valence-electron chi connectivity index (χ2n) is 3.99. The van der Waals surface area contributed by atoms with Crippen LogP contribution in [0.5, 0.6) is 0 Å². The Kier molecular flexibility index (Phi) is 2.65. The van der Waals surface area contributed by atoms with Crippen LogP contribution < -0.4 is 0 Å². The summed E-state index contributed by atoms with van der Waals surface area (Å²) in [5, 5.41) is 0. The molecule has 1 fully saturated rings. The van der Waals surface area contributed by atoms with Crippen LogP contribution in [0.2, 0.25) is 0 Å². The summed E-state index contributed by atoms with van der Waals surface area (Å²) in [5.74, 6) is 0.744. The van der Waals surface area contributed by atoms with E-state index in [4.69, 9.17) is 4.74 Å². The van der Waals surface area contributed by atoms with E-state index in [1.54, 1.807) is 0 Å². The summed E-state index contributed by atoms with van der Waals surface area (Å²) < 4.78 is 5.67. The third-order valence-electron chi connectivity index (χ3n) is 2.59. The number of hydrogen-bond donors (Lipinski definition) is 0. The minimum Gasteiger partial charge on any atom is -0.378 e. The lowest BCUT2D eigenvalue weighted by Crippen LogP contribution is -2.08. The molecule has 1 aromatic rings. The van der Waals surface area contributed by atoms with Crippen molar-refractivity contribution in [3.63, 3.8) is 0 Å². The molecule has 70 valence electrons. The second kappa shape index (κ2) is 3.93. The van der Waals surface area contributed by atoms with Crippen LogP contribution in [0.3, 0.4) is 0 Å². The van der Waals surface area contributed by atoms with E-state index < -0.39 is 0 Å². The number of rotatable bonds is 2. The van der Waals surface area contributed by atoms with Crippen LogP contribution in [0.15, 0.2) is 30.3 Å². The Morgan fingerprint density at radius 2 is 2.08 bits per heavy atom. The number of benzene rings is 1. The molecule has 2 rings (SSSR count). The van der Waals surface area contributed by atoms with E-state index in [2.05, 4.69) is 37.3 Å². The van der Waals surface area contributed by atoms with Crippen LogP contribution in [-0.4, -0.2) is 12.7 Å². The van der Waals surface area contributed by atoms with E-state index in [0.717, 1.165) is 18.9 Å². The van der Waals surface area contributed by atoms with Gasteiger partial charge < -0.3 is 4.74 Å². The molecule has 1 aliphatic heterocycles. The van der Waals surface area contributed by atoms with Crippen molar-refractivity contribution < 1.29 is 4.74 Å². The van der Waals surface area contributed by atoms with Crippen molar-refractivity contribution in [2.24, 2.45) is 5.92 Å². The molecule has 1 saturated heterocycles. The SMILES string of the molecule is CC1COC(Cc2ccccc2)C1. The smallest absolute Gasteiger partial charge is 0.0618 e. The molecule has 2 unspecified atom stereocenters. The van der Waals surface area contributed by atoms with E-state index in [-0.39, 0.29) is 0 Å². The first-order chi connectivity index (χ1) is 6.34. The summed E-state index contributed by atoms with van der Waals surface area (Å²) >= 11 is 0. The topological polar surface area (TPSA) is 9.23 Å². The first-order valence-electron chi connectivity index (χ1n) is 5.00. The summed E-state index contributed by atoms with van der Waals surface area (Å²) in [6.45, 7) is 3.20. The third kappa shape index (κ3) is 2.31. The summed E-state index contributed by atoms with van der Waals surface area (Å²) in [6.07, 6.45) is 2.75.